The summed E-state index contributed by atoms with van der Waals surface area (Å²) < 4.78 is 5.51. The van der Waals surface area contributed by atoms with Gasteiger partial charge < -0.3 is 15.0 Å². The topological polar surface area (TPSA) is 41.6 Å². The Kier molecular flexibility index (Phi) is 4.44. The molecule has 0 radical (unpaired) electrons. The first kappa shape index (κ1) is 14.4. The molecular weight excluding hydrogens is 264 g/mol. The minimum absolute atomic E-state index is 0.158. The summed E-state index contributed by atoms with van der Waals surface area (Å²) in [6.07, 6.45) is 3.25. The number of carbonyl (C=O) groups excluding carboxylic acids is 1. The molecule has 0 aromatic heterocycles. The molecule has 1 aromatic carbocycles. The molecule has 0 saturated carbocycles. The Labute approximate surface area is 126 Å². The monoisotopic (exact) mass is 288 g/mol. The van der Waals surface area contributed by atoms with Crippen molar-refractivity contribution >= 4 is 5.91 Å². The van der Waals surface area contributed by atoms with Crippen molar-refractivity contribution in [3.05, 3.63) is 29.3 Å². The van der Waals surface area contributed by atoms with Gasteiger partial charge in [-0.15, -0.1) is 0 Å². The Morgan fingerprint density at radius 1 is 1.38 bits per heavy atom. The normalized spacial score (nSPS) is 18.1. The van der Waals surface area contributed by atoms with Gasteiger partial charge in [0.1, 0.15) is 5.75 Å². The summed E-state index contributed by atoms with van der Waals surface area (Å²) in [4.78, 5) is 14.7. The van der Waals surface area contributed by atoms with E-state index in [1.54, 1.807) is 0 Å². The third-order valence-electron chi connectivity index (χ3n) is 4.54. The quantitative estimate of drug-likeness (QED) is 0.922. The number of hydrogen-bond acceptors (Lipinski definition) is 3. The molecule has 2 aliphatic heterocycles. The molecule has 1 aromatic rings. The molecule has 21 heavy (non-hydrogen) atoms. The van der Waals surface area contributed by atoms with Crippen LogP contribution in [0.1, 0.15) is 35.7 Å². The molecule has 0 bridgehead atoms. The molecule has 1 amide bonds. The molecule has 1 fully saturated rings. The van der Waals surface area contributed by atoms with E-state index < -0.39 is 0 Å². The number of fused-ring (bicyclic) bond motifs is 1. The fourth-order valence-corrected chi connectivity index (χ4v) is 3.23. The van der Waals surface area contributed by atoms with Gasteiger partial charge in [-0.1, -0.05) is 0 Å². The van der Waals surface area contributed by atoms with Crippen molar-refractivity contribution in [2.45, 2.75) is 26.2 Å². The molecule has 4 heteroatoms. The van der Waals surface area contributed by atoms with Crippen LogP contribution >= 0.6 is 0 Å². The van der Waals surface area contributed by atoms with Crippen molar-refractivity contribution in [2.24, 2.45) is 5.92 Å². The molecule has 0 atom stereocenters. The number of amides is 1. The highest BCUT2D eigenvalue weighted by Gasteiger charge is 2.22. The van der Waals surface area contributed by atoms with Gasteiger partial charge in [0.05, 0.1) is 6.61 Å². The van der Waals surface area contributed by atoms with Gasteiger partial charge in [-0.3, -0.25) is 4.79 Å². The molecule has 1 saturated heterocycles. The molecule has 0 spiro atoms. The van der Waals surface area contributed by atoms with Crippen LogP contribution in [0.25, 0.3) is 0 Å². The Bertz CT molecular complexity index is 510. The van der Waals surface area contributed by atoms with Gasteiger partial charge in [-0.2, -0.15) is 0 Å². The van der Waals surface area contributed by atoms with E-state index in [-0.39, 0.29) is 5.91 Å². The van der Waals surface area contributed by atoms with E-state index in [2.05, 4.69) is 12.2 Å². The highest BCUT2D eigenvalue weighted by Crippen LogP contribution is 2.26. The second-order valence-corrected chi connectivity index (χ2v) is 5.96. The predicted octanol–water partition coefficient (Wildman–Crippen LogP) is 2.08. The van der Waals surface area contributed by atoms with Crippen LogP contribution in [0.3, 0.4) is 0 Å². The van der Waals surface area contributed by atoms with Crippen LogP contribution in [0.4, 0.5) is 0 Å². The van der Waals surface area contributed by atoms with E-state index in [0.29, 0.717) is 5.92 Å². The summed E-state index contributed by atoms with van der Waals surface area (Å²) in [6.45, 7) is 6.61. The minimum atomic E-state index is 0.158. The molecule has 0 aliphatic carbocycles. The van der Waals surface area contributed by atoms with Crippen LogP contribution in [-0.4, -0.2) is 43.6 Å². The highest BCUT2D eigenvalue weighted by atomic mass is 16.5. The number of carbonyl (C=O) groups is 1. The van der Waals surface area contributed by atoms with Crippen molar-refractivity contribution in [3.8, 4) is 5.75 Å². The number of hydrogen-bond donors (Lipinski definition) is 1. The molecule has 2 aliphatic rings. The minimum Gasteiger partial charge on any atom is -0.493 e. The van der Waals surface area contributed by atoms with E-state index in [0.717, 1.165) is 50.5 Å². The largest absolute Gasteiger partial charge is 0.493 e. The second-order valence-electron chi connectivity index (χ2n) is 5.96. The number of ether oxygens (including phenoxy) is 1. The van der Waals surface area contributed by atoms with Crippen molar-refractivity contribution < 1.29 is 9.53 Å². The average molecular weight is 288 g/mol. The number of nitrogens with one attached hydrogen (secondary N) is 1. The van der Waals surface area contributed by atoms with Crippen molar-refractivity contribution in [3.63, 3.8) is 0 Å². The lowest BCUT2D eigenvalue weighted by Crippen LogP contribution is -2.39. The molecule has 1 N–H and O–H groups in total. The maximum absolute atomic E-state index is 12.7. The molecule has 0 unspecified atom stereocenters. The molecule has 3 rings (SSSR count). The van der Waals surface area contributed by atoms with Crippen LogP contribution in [0.5, 0.6) is 5.75 Å². The Hall–Kier alpha value is -1.55. The van der Waals surface area contributed by atoms with Crippen molar-refractivity contribution in [1.29, 1.82) is 0 Å². The van der Waals surface area contributed by atoms with Crippen LogP contribution in [0.2, 0.25) is 0 Å². The van der Waals surface area contributed by atoms with E-state index >= 15 is 0 Å². The summed E-state index contributed by atoms with van der Waals surface area (Å²) in [5.74, 6) is 1.73. The number of rotatable bonds is 4. The zero-order chi connectivity index (χ0) is 14.7. The number of benzene rings is 1. The predicted molar refractivity (Wildman–Crippen MR) is 82.8 cm³/mol. The zero-order valence-electron chi connectivity index (χ0n) is 12.7. The lowest BCUT2D eigenvalue weighted by atomic mass is 9.97. The fraction of sp³-hybridized carbons (Fsp3) is 0.588. The van der Waals surface area contributed by atoms with E-state index in [1.807, 2.05) is 23.1 Å². The van der Waals surface area contributed by atoms with Gasteiger partial charge in [0.15, 0.2) is 0 Å². The smallest absolute Gasteiger partial charge is 0.253 e. The third-order valence-corrected chi connectivity index (χ3v) is 4.54. The first-order valence-electron chi connectivity index (χ1n) is 8.03. The Morgan fingerprint density at radius 2 is 2.19 bits per heavy atom. The first-order chi connectivity index (χ1) is 10.3. The maximum atomic E-state index is 12.7. The summed E-state index contributed by atoms with van der Waals surface area (Å²) in [6, 6.07) is 5.85. The van der Waals surface area contributed by atoms with E-state index in [9.17, 15) is 4.79 Å². The van der Waals surface area contributed by atoms with Gasteiger partial charge in [-0.25, -0.2) is 0 Å². The van der Waals surface area contributed by atoms with Gasteiger partial charge in [0, 0.05) is 25.1 Å². The first-order valence-corrected chi connectivity index (χ1v) is 8.03. The van der Waals surface area contributed by atoms with Crippen molar-refractivity contribution in [1.82, 2.24) is 10.2 Å². The lowest BCUT2D eigenvalue weighted by molar-refractivity contribution is 0.0726. The van der Waals surface area contributed by atoms with Crippen LogP contribution in [0, 0.1) is 5.92 Å². The second kappa shape index (κ2) is 6.48. The van der Waals surface area contributed by atoms with Crippen molar-refractivity contribution in [2.75, 3.05) is 32.8 Å². The van der Waals surface area contributed by atoms with Gasteiger partial charge >= 0.3 is 0 Å². The Morgan fingerprint density at radius 3 is 2.95 bits per heavy atom. The Balaban J connectivity index is 1.69. The van der Waals surface area contributed by atoms with E-state index in [4.69, 9.17) is 4.74 Å². The SMILES string of the molecule is CCN(CC1CCNCC1)C(=O)c1ccc2c(c1)CCO2. The van der Waals surface area contributed by atoms with Crippen LogP contribution in [0.15, 0.2) is 18.2 Å². The molecule has 4 nitrogen and oxygen atoms in total. The van der Waals surface area contributed by atoms with E-state index in [1.165, 1.54) is 18.4 Å². The van der Waals surface area contributed by atoms with Gasteiger partial charge in [0.2, 0.25) is 0 Å². The molecule has 2 heterocycles. The molecular formula is C17H24N2O2. The standard InChI is InChI=1S/C17H24N2O2/c1-2-19(12-13-5-8-18-9-6-13)17(20)15-3-4-16-14(11-15)7-10-21-16/h3-4,11,13,18H,2,5-10,12H2,1H3. The van der Waals surface area contributed by atoms with Crippen LogP contribution < -0.4 is 10.1 Å². The lowest BCUT2D eigenvalue weighted by Gasteiger charge is -2.29. The number of piperidine rings is 1. The zero-order valence-corrected chi connectivity index (χ0v) is 12.7. The van der Waals surface area contributed by atoms with Gasteiger partial charge in [-0.05, 0) is 62.5 Å². The number of nitrogens with zero attached hydrogens (tertiary/aromatic N) is 1. The third kappa shape index (κ3) is 3.21. The summed E-state index contributed by atoms with van der Waals surface area (Å²) in [7, 11) is 0. The average Bonchev–Trinajstić information content (AvgIpc) is 3.00. The molecule has 114 valence electrons. The highest BCUT2D eigenvalue weighted by molar-refractivity contribution is 5.94. The summed E-state index contributed by atoms with van der Waals surface area (Å²) in [5, 5.41) is 3.38. The van der Waals surface area contributed by atoms with Crippen LogP contribution in [-0.2, 0) is 6.42 Å². The maximum Gasteiger partial charge on any atom is 0.253 e. The summed E-state index contributed by atoms with van der Waals surface area (Å²) >= 11 is 0. The summed E-state index contributed by atoms with van der Waals surface area (Å²) in [5.41, 5.74) is 1.97. The van der Waals surface area contributed by atoms with Gasteiger partial charge in [0.25, 0.3) is 5.91 Å². The fourth-order valence-electron chi connectivity index (χ4n) is 3.23.